The number of aromatic nitrogens is 2. The molecule has 0 aliphatic carbocycles. The largest absolute Gasteiger partial charge is 0.395 e. The van der Waals surface area contributed by atoms with Gasteiger partial charge in [0.2, 0.25) is 0 Å². The summed E-state index contributed by atoms with van der Waals surface area (Å²) in [4.78, 5) is 13.7. The van der Waals surface area contributed by atoms with Gasteiger partial charge in [-0.3, -0.25) is 9.89 Å². The lowest BCUT2D eigenvalue weighted by Crippen LogP contribution is -2.35. The van der Waals surface area contributed by atoms with Crippen LogP contribution in [0.1, 0.15) is 42.9 Å². The first-order valence-electron chi connectivity index (χ1n) is 5.56. The molecule has 0 radical (unpaired) electrons. The first-order chi connectivity index (χ1) is 7.49. The zero-order valence-corrected chi connectivity index (χ0v) is 10.4. The van der Waals surface area contributed by atoms with E-state index in [0.29, 0.717) is 11.4 Å². The van der Waals surface area contributed by atoms with Crippen molar-refractivity contribution < 1.29 is 4.79 Å². The summed E-state index contributed by atoms with van der Waals surface area (Å²) in [6, 6.07) is 0.203. The maximum atomic E-state index is 12.1. The third kappa shape index (κ3) is 2.35. The van der Waals surface area contributed by atoms with Crippen molar-refractivity contribution in [1.29, 1.82) is 0 Å². The molecule has 1 aromatic heterocycles. The number of aromatic amines is 1. The van der Waals surface area contributed by atoms with E-state index >= 15 is 0 Å². The van der Waals surface area contributed by atoms with Gasteiger partial charge in [-0.05, 0) is 20.3 Å². The summed E-state index contributed by atoms with van der Waals surface area (Å²) in [6.45, 7) is 5.92. The number of carbonyl (C=O) groups is 1. The highest BCUT2D eigenvalue weighted by molar-refractivity contribution is 5.97. The molecule has 1 atom stereocenters. The van der Waals surface area contributed by atoms with Crippen molar-refractivity contribution in [2.24, 2.45) is 0 Å². The lowest BCUT2D eigenvalue weighted by atomic mass is 10.1. The molecule has 1 rings (SSSR count). The van der Waals surface area contributed by atoms with Gasteiger partial charge < -0.3 is 10.6 Å². The van der Waals surface area contributed by atoms with Crippen LogP contribution in [0.4, 0.5) is 5.69 Å². The van der Waals surface area contributed by atoms with E-state index in [1.54, 1.807) is 18.9 Å². The van der Waals surface area contributed by atoms with Gasteiger partial charge in [-0.2, -0.15) is 5.10 Å². The predicted octanol–water partition coefficient (Wildman–Crippen LogP) is 1.56. The molecule has 0 saturated carbocycles. The Morgan fingerprint density at radius 2 is 2.25 bits per heavy atom. The molecular formula is C11H20N4O. The molecule has 1 heterocycles. The van der Waals surface area contributed by atoms with E-state index in [1.165, 1.54) is 0 Å². The Labute approximate surface area is 96.0 Å². The monoisotopic (exact) mass is 224 g/mol. The van der Waals surface area contributed by atoms with Gasteiger partial charge in [0.05, 0.1) is 11.4 Å². The van der Waals surface area contributed by atoms with Gasteiger partial charge in [-0.25, -0.2) is 0 Å². The minimum Gasteiger partial charge on any atom is -0.395 e. The lowest BCUT2D eigenvalue weighted by molar-refractivity contribution is 0.0732. The second-order valence-corrected chi connectivity index (χ2v) is 4.16. The fourth-order valence-corrected chi connectivity index (χ4v) is 1.58. The summed E-state index contributed by atoms with van der Waals surface area (Å²) in [5.74, 6) is -0.122. The summed E-state index contributed by atoms with van der Waals surface area (Å²) in [6.07, 6.45) is 2.03. The van der Waals surface area contributed by atoms with E-state index in [-0.39, 0.29) is 11.9 Å². The summed E-state index contributed by atoms with van der Waals surface area (Å²) in [5, 5.41) is 6.66. The molecule has 3 N–H and O–H groups in total. The fraction of sp³-hybridized carbons (Fsp3) is 0.636. The van der Waals surface area contributed by atoms with E-state index in [1.807, 2.05) is 6.92 Å². The predicted molar refractivity (Wildman–Crippen MR) is 64.2 cm³/mol. The van der Waals surface area contributed by atoms with Gasteiger partial charge in [0.25, 0.3) is 5.91 Å². The molecule has 0 fully saturated rings. The van der Waals surface area contributed by atoms with Crippen LogP contribution in [0.25, 0.3) is 0 Å². The van der Waals surface area contributed by atoms with Crippen LogP contribution in [0, 0.1) is 6.92 Å². The first kappa shape index (κ1) is 12.5. The van der Waals surface area contributed by atoms with Crippen molar-refractivity contribution in [2.75, 3.05) is 12.8 Å². The molecule has 0 aliphatic heterocycles. The van der Waals surface area contributed by atoms with Gasteiger partial charge in [0.15, 0.2) is 5.69 Å². The first-order valence-corrected chi connectivity index (χ1v) is 5.56. The topological polar surface area (TPSA) is 75.0 Å². The Morgan fingerprint density at radius 1 is 1.62 bits per heavy atom. The van der Waals surface area contributed by atoms with Crippen LogP contribution in [0.5, 0.6) is 0 Å². The lowest BCUT2D eigenvalue weighted by Gasteiger charge is -2.23. The fourth-order valence-electron chi connectivity index (χ4n) is 1.58. The molecule has 5 heteroatoms. The number of H-pyrrole nitrogens is 1. The number of anilines is 1. The minimum absolute atomic E-state index is 0.122. The number of carbonyl (C=O) groups excluding carboxylic acids is 1. The molecule has 1 unspecified atom stereocenters. The van der Waals surface area contributed by atoms with Gasteiger partial charge in [0, 0.05) is 13.1 Å². The molecule has 90 valence electrons. The zero-order valence-electron chi connectivity index (χ0n) is 10.4. The van der Waals surface area contributed by atoms with Crippen LogP contribution in [0.3, 0.4) is 0 Å². The van der Waals surface area contributed by atoms with E-state index in [4.69, 9.17) is 5.73 Å². The van der Waals surface area contributed by atoms with Crippen LogP contribution in [-0.4, -0.2) is 34.1 Å². The second-order valence-electron chi connectivity index (χ2n) is 4.16. The number of hydrogen-bond acceptors (Lipinski definition) is 3. The van der Waals surface area contributed by atoms with Gasteiger partial charge in [0.1, 0.15) is 0 Å². The van der Waals surface area contributed by atoms with Crippen molar-refractivity contribution in [3.05, 3.63) is 11.4 Å². The molecule has 5 nitrogen and oxygen atoms in total. The maximum Gasteiger partial charge on any atom is 0.276 e. The van der Waals surface area contributed by atoms with Crippen molar-refractivity contribution in [2.45, 2.75) is 39.7 Å². The zero-order chi connectivity index (χ0) is 12.3. The Balaban J connectivity index is 2.82. The normalized spacial score (nSPS) is 12.5. The van der Waals surface area contributed by atoms with E-state index in [9.17, 15) is 4.79 Å². The highest BCUT2D eigenvalue weighted by Crippen LogP contribution is 2.16. The molecule has 1 aromatic rings. The van der Waals surface area contributed by atoms with Crippen molar-refractivity contribution in [3.63, 3.8) is 0 Å². The number of amides is 1. The van der Waals surface area contributed by atoms with E-state index < -0.39 is 0 Å². The Bertz CT molecular complexity index is 372. The number of hydrogen-bond donors (Lipinski definition) is 2. The number of rotatable bonds is 4. The van der Waals surface area contributed by atoms with Crippen LogP contribution < -0.4 is 5.73 Å². The molecule has 0 aromatic carbocycles. The molecule has 0 spiro atoms. The van der Waals surface area contributed by atoms with Crippen molar-refractivity contribution >= 4 is 11.6 Å². The molecule has 16 heavy (non-hydrogen) atoms. The van der Waals surface area contributed by atoms with E-state index in [0.717, 1.165) is 18.5 Å². The SMILES string of the molecule is CCCC(C)N(C)C(=O)c1n[nH]c(C)c1N. The smallest absolute Gasteiger partial charge is 0.276 e. The Kier molecular flexibility index (Phi) is 3.93. The standard InChI is InChI=1S/C11H20N4O/c1-5-6-7(2)15(4)11(16)10-9(12)8(3)13-14-10/h7H,5-6,12H2,1-4H3,(H,13,14). The van der Waals surface area contributed by atoms with Crippen LogP contribution in [0.2, 0.25) is 0 Å². The Hall–Kier alpha value is -1.52. The third-order valence-electron chi connectivity index (χ3n) is 2.89. The van der Waals surface area contributed by atoms with Crippen molar-refractivity contribution in [1.82, 2.24) is 15.1 Å². The van der Waals surface area contributed by atoms with Crippen molar-refractivity contribution in [3.8, 4) is 0 Å². The number of nitrogens with one attached hydrogen (secondary N) is 1. The van der Waals surface area contributed by atoms with E-state index in [2.05, 4.69) is 17.1 Å². The molecule has 0 bridgehead atoms. The number of nitrogens with two attached hydrogens (primary N) is 1. The maximum absolute atomic E-state index is 12.1. The van der Waals surface area contributed by atoms with Crippen LogP contribution >= 0.6 is 0 Å². The summed E-state index contributed by atoms with van der Waals surface area (Å²) >= 11 is 0. The van der Waals surface area contributed by atoms with Gasteiger partial charge >= 0.3 is 0 Å². The minimum atomic E-state index is -0.122. The van der Waals surface area contributed by atoms with Gasteiger partial charge in [-0.15, -0.1) is 0 Å². The van der Waals surface area contributed by atoms with Crippen LogP contribution in [0.15, 0.2) is 0 Å². The number of nitrogen functional groups attached to an aromatic ring is 1. The average Bonchev–Trinajstić information content (AvgIpc) is 2.58. The quantitative estimate of drug-likeness (QED) is 0.815. The highest BCUT2D eigenvalue weighted by Gasteiger charge is 2.22. The third-order valence-corrected chi connectivity index (χ3v) is 2.89. The second kappa shape index (κ2) is 5.01. The molecule has 1 amide bonds. The Morgan fingerprint density at radius 3 is 2.69 bits per heavy atom. The summed E-state index contributed by atoms with van der Waals surface area (Å²) in [5.41, 5.74) is 7.28. The molecule has 0 aliphatic rings. The van der Waals surface area contributed by atoms with Gasteiger partial charge in [-0.1, -0.05) is 13.3 Å². The average molecular weight is 224 g/mol. The highest BCUT2D eigenvalue weighted by atomic mass is 16.2. The number of aryl methyl sites for hydroxylation is 1. The van der Waals surface area contributed by atoms with Crippen LogP contribution in [-0.2, 0) is 0 Å². The summed E-state index contributed by atoms with van der Waals surface area (Å²) in [7, 11) is 1.78. The number of nitrogens with zero attached hydrogens (tertiary/aromatic N) is 2. The molecule has 0 saturated heterocycles. The summed E-state index contributed by atoms with van der Waals surface area (Å²) < 4.78 is 0. The molecular weight excluding hydrogens is 204 g/mol.